The molecule has 0 bridgehead atoms. The van der Waals surface area contributed by atoms with Crippen molar-refractivity contribution < 1.29 is 0 Å². The number of aryl methyl sites for hydroxylation is 1. The maximum atomic E-state index is 3.80. The van der Waals surface area contributed by atoms with Crippen molar-refractivity contribution in [2.45, 2.75) is 57.5 Å². The van der Waals surface area contributed by atoms with E-state index in [1.807, 2.05) is 0 Å². The standard InChI is InChI=1S/C17H25BrN2/c1-12-11-13(8-9-15(12)18)20-17-7-4-5-14(17)16-6-2-3-10-19-16/h8-9,11,14,16-17,19-20H,2-7,10H2,1H3. The molecular weight excluding hydrogens is 312 g/mol. The Kier molecular flexibility index (Phi) is 4.67. The molecule has 0 spiro atoms. The molecule has 3 unspecified atom stereocenters. The molecule has 2 nitrogen and oxygen atoms in total. The van der Waals surface area contributed by atoms with Gasteiger partial charge in [0.2, 0.25) is 0 Å². The molecular formula is C17H25BrN2. The van der Waals surface area contributed by atoms with Crippen LogP contribution in [-0.4, -0.2) is 18.6 Å². The van der Waals surface area contributed by atoms with Crippen LogP contribution >= 0.6 is 15.9 Å². The van der Waals surface area contributed by atoms with E-state index in [0.29, 0.717) is 6.04 Å². The smallest absolute Gasteiger partial charge is 0.0345 e. The SMILES string of the molecule is Cc1cc(NC2CCCC2C2CCCCN2)ccc1Br. The molecule has 0 amide bonds. The summed E-state index contributed by atoms with van der Waals surface area (Å²) in [6.07, 6.45) is 8.19. The van der Waals surface area contributed by atoms with E-state index in [-0.39, 0.29) is 0 Å². The predicted molar refractivity (Wildman–Crippen MR) is 89.3 cm³/mol. The third-order valence-electron chi connectivity index (χ3n) is 4.94. The Balaban J connectivity index is 1.67. The molecule has 3 atom stereocenters. The van der Waals surface area contributed by atoms with Crippen molar-refractivity contribution in [1.29, 1.82) is 0 Å². The van der Waals surface area contributed by atoms with Crippen molar-refractivity contribution in [3.8, 4) is 0 Å². The van der Waals surface area contributed by atoms with E-state index in [1.165, 1.54) is 60.8 Å². The summed E-state index contributed by atoms with van der Waals surface area (Å²) in [5, 5.41) is 7.55. The van der Waals surface area contributed by atoms with Crippen molar-refractivity contribution >= 4 is 21.6 Å². The maximum Gasteiger partial charge on any atom is 0.0345 e. The van der Waals surface area contributed by atoms with Crippen LogP contribution in [0.3, 0.4) is 0 Å². The van der Waals surface area contributed by atoms with Crippen LogP contribution in [0.15, 0.2) is 22.7 Å². The van der Waals surface area contributed by atoms with E-state index in [9.17, 15) is 0 Å². The van der Waals surface area contributed by atoms with Crippen molar-refractivity contribution in [1.82, 2.24) is 5.32 Å². The topological polar surface area (TPSA) is 24.1 Å². The Bertz CT molecular complexity index is 454. The monoisotopic (exact) mass is 336 g/mol. The molecule has 1 aliphatic carbocycles. The quantitative estimate of drug-likeness (QED) is 0.850. The van der Waals surface area contributed by atoms with E-state index in [1.54, 1.807) is 0 Å². The zero-order chi connectivity index (χ0) is 13.9. The first-order chi connectivity index (χ1) is 9.74. The number of rotatable bonds is 3. The molecule has 1 saturated carbocycles. The molecule has 2 aliphatic rings. The van der Waals surface area contributed by atoms with Gasteiger partial charge in [-0.3, -0.25) is 0 Å². The predicted octanol–water partition coefficient (Wildman–Crippen LogP) is 4.48. The van der Waals surface area contributed by atoms with Crippen LogP contribution < -0.4 is 10.6 Å². The minimum atomic E-state index is 0.645. The van der Waals surface area contributed by atoms with Crippen LogP contribution in [0.4, 0.5) is 5.69 Å². The van der Waals surface area contributed by atoms with Crippen molar-refractivity contribution in [2.24, 2.45) is 5.92 Å². The van der Waals surface area contributed by atoms with Gasteiger partial charge in [-0.05, 0) is 68.8 Å². The van der Waals surface area contributed by atoms with Crippen LogP contribution in [0, 0.1) is 12.8 Å². The largest absolute Gasteiger partial charge is 0.382 e. The molecule has 3 heteroatoms. The van der Waals surface area contributed by atoms with Gasteiger partial charge in [0, 0.05) is 22.2 Å². The number of piperidine rings is 1. The summed E-state index contributed by atoms with van der Waals surface area (Å²) < 4.78 is 1.19. The van der Waals surface area contributed by atoms with Crippen LogP contribution in [0.2, 0.25) is 0 Å². The molecule has 1 aromatic carbocycles. The molecule has 110 valence electrons. The third kappa shape index (κ3) is 3.20. The normalized spacial score (nSPS) is 30.4. The fourth-order valence-electron chi connectivity index (χ4n) is 3.84. The van der Waals surface area contributed by atoms with Gasteiger partial charge in [0.05, 0.1) is 0 Å². The van der Waals surface area contributed by atoms with E-state index < -0.39 is 0 Å². The van der Waals surface area contributed by atoms with Crippen LogP contribution in [-0.2, 0) is 0 Å². The molecule has 1 aromatic rings. The molecule has 1 aliphatic heterocycles. The third-order valence-corrected chi connectivity index (χ3v) is 5.83. The molecule has 1 saturated heterocycles. The summed E-state index contributed by atoms with van der Waals surface area (Å²) >= 11 is 3.58. The van der Waals surface area contributed by atoms with Crippen LogP contribution in [0.5, 0.6) is 0 Å². The Hall–Kier alpha value is -0.540. The summed E-state index contributed by atoms with van der Waals surface area (Å²) in [4.78, 5) is 0. The Morgan fingerprint density at radius 1 is 1.15 bits per heavy atom. The van der Waals surface area contributed by atoms with Crippen molar-refractivity contribution in [3.63, 3.8) is 0 Å². The lowest BCUT2D eigenvalue weighted by Crippen LogP contribution is -2.44. The molecule has 0 radical (unpaired) electrons. The van der Waals surface area contributed by atoms with Crippen LogP contribution in [0.25, 0.3) is 0 Å². The summed E-state index contributed by atoms with van der Waals surface area (Å²) in [7, 11) is 0. The molecule has 1 heterocycles. The summed E-state index contributed by atoms with van der Waals surface area (Å²) in [6, 6.07) is 7.99. The van der Waals surface area contributed by atoms with Gasteiger partial charge in [-0.2, -0.15) is 0 Å². The van der Waals surface area contributed by atoms with Crippen molar-refractivity contribution in [2.75, 3.05) is 11.9 Å². The highest BCUT2D eigenvalue weighted by Crippen LogP contribution is 2.34. The second-order valence-corrected chi connectivity index (χ2v) is 7.22. The molecule has 0 aromatic heterocycles. The van der Waals surface area contributed by atoms with Gasteiger partial charge in [0.15, 0.2) is 0 Å². The lowest BCUT2D eigenvalue weighted by molar-refractivity contribution is 0.286. The van der Waals surface area contributed by atoms with Gasteiger partial charge < -0.3 is 10.6 Å². The average molecular weight is 337 g/mol. The van der Waals surface area contributed by atoms with E-state index in [4.69, 9.17) is 0 Å². The highest BCUT2D eigenvalue weighted by Gasteiger charge is 2.34. The summed E-state index contributed by atoms with van der Waals surface area (Å²) in [5.41, 5.74) is 2.58. The number of anilines is 1. The van der Waals surface area contributed by atoms with E-state index in [2.05, 4.69) is 51.7 Å². The second-order valence-electron chi connectivity index (χ2n) is 6.37. The van der Waals surface area contributed by atoms with Gasteiger partial charge in [0.25, 0.3) is 0 Å². The Labute approximate surface area is 130 Å². The van der Waals surface area contributed by atoms with Crippen molar-refractivity contribution in [3.05, 3.63) is 28.2 Å². The van der Waals surface area contributed by atoms with Gasteiger partial charge in [0.1, 0.15) is 0 Å². The number of hydrogen-bond acceptors (Lipinski definition) is 2. The summed E-state index contributed by atoms with van der Waals surface area (Å²) in [5.74, 6) is 0.805. The second kappa shape index (κ2) is 6.48. The fraction of sp³-hybridized carbons (Fsp3) is 0.647. The molecule has 3 rings (SSSR count). The van der Waals surface area contributed by atoms with Crippen LogP contribution in [0.1, 0.15) is 44.1 Å². The van der Waals surface area contributed by atoms with Gasteiger partial charge in [-0.25, -0.2) is 0 Å². The van der Waals surface area contributed by atoms with E-state index in [0.717, 1.165) is 12.0 Å². The zero-order valence-electron chi connectivity index (χ0n) is 12.3. The Morgan fingerprint density at radius 2 is 2.05 bits per heavy atom. The minimum absolute atomic E-state index is 0.645. The molecule has 2 N–H and O–H groups in total. The number of hydrogen-bond donors (Lipinski definition) is 2. The number of nitrogens with one attached hydrogen (secondary N) is 2. The summed E-state index contributed by atoms with van der Waals surface area (Å²) in [6.45, 7) is 3.37. The average Bonchev–Trinajstić information content (AvgIpc) is 2.92. The lowest BCUT2D eigenvalue weighted by atomic mass is 9.88. The first-order valence-electron chi connectivity index (χ1n) is 8.00. The minimum Gasteiger partial charge on any atom is -0.382 e. The van der Waals surface area contributed by atoms with Gasteiger partial charge in [-0.15, -0.1) is 0 Å². The first kappa shape index (κ1) is 14.4. The Morgan fingerprint density at radius 3 is 2.80 bits per heavy atom. The molecule has 20 heavy (non-hydrogen) atoms. The van der Waals surface area contributed by atoms with E-state index >= 15 is 0 Å². The zero-order valence-corrected chi connectivity index (χ0v) is 13.9. The van der Waals surface area contributed by atoms with Gasteiger partial charge in [-0.1, -0.05) is 28.8 Å². The lowest BCUT2D eigenvalue weighted by Gasteiger charge is -2.33. The number of halogens is 1. The highest BCUT2D eigenvalue weighted by molar-refractivity contribution is 9.10. The first-order valence-corrected chi connectivity index (χ1v) is 8.79. The van der Waals surface area contributed by atoms with Gasteiger partial charge >= 0.3 is 0 Å². The molecule has 2 fully saturated rings. The number of benzene rings is 1. The highest BCUT2D eigenvalue weighted by atomic mass is 79.9. The maximum absolute atomic E-state index is 3.80. The fourth-order valence-corrected chi connectivity index (χ4v) is 4.09.